The zero-order valence-electron chi connectivity index (χ0n) is 26.3. The van der Waals surface area contributed by atoms with E-state index in [1.807, 2.05) is 11.3 Å². The minimum absolute atomic E-state index is 1.12. The molecule has 9 rings (SSSR count). The van der Waals surface area contributed by atoms with Gasteiger partial charge in [0.15, 0.2) is 0 Å². The summed E-state index contributed by atoms with van der Waals surface area (Å²) < 4.78 is 2.62. The number of rotatable bonds is 6. The molecule has 0 aliphatic rings. The molecule has 0 bridgehead atoms. The van der Waals surface area contributed by atoms with Gasteiger partial charge >= 0.3 is 0 Å². The van der Waals surface area contributed by atoms with Crippen molar-refractivity contribution in [3.8, 4) is 33.4 Å². The van der Waals surface area contributed by atoms with Crippen molar-refractivity contribution >= 4 is 59.3 Å². The summed E-state index contributed by atoms with van der Waals surface area (Å²) in [6.07, 6.45) is 0. The van der Waals surface area contributed by atoms with Gasteiger partial charge in [-0.2, -0.15) is 0 Å². The van der Waals surface area contributed by atoms with E-state index < -0.39 is 0 Å². The van der Waals surface area contributed by atoms with Crippen LogP contribution in [-0.2, 0) is 0 Å². The van der Waals surface area contributed by atoms with Crippen molar-refractivity contribution < 1.29 is 0 Å². The van der Waals surface area contributed by atoms with Gasteiger partial charge in [0.1, 0.15) is 0 Å². The Hall–Kier alpha value is -5.96. The van der Waals surface area contributed by atoms with Crippen LogP contribution in [0.4, 0.5) is 17.1 Å². The number of anilines is 3. The lowest BCUT2D eigenvalue weighted by Gasteiger charge is -2.26. The molecule has 0 N–H and O–H groups in total. The van der Waals surface area contributed by atoms with E-state index in [2.05, 4.69) is 193 Å². The van der Waals surface area contributed by atoms with Crippen LogP contribution in [0.25, 0.3) is 64.3 Å². The van der Waals surface area contributed by atoms with Crippen LogP contribution in [0.2, 0.25) is 0 Å². The summed E-state index contributed by atoms with van der Waals surface area (Å²) in [6.45, 7) is 0. The third-order valence-electron chi connectivity index (χ3n) is 9.27. The summed E-state index contributed by atoms with van der Waals surface area (Å²) >= 11 is 1.86. The second kappa shape index (κ2) is 12.0. The standard InChI is InChI=1S/C46H31NS/c1-2-10-32(11-3-1)33-20-22-34(23-21-33)35-24-26-38(27-25-35)47(40-28-29-46-44(31-40)43-17-6-7-19-45(43)48-46)39-15-8-14-37(30-39)42-18-9-13-36-12-4-5-16-41(36)42/h1-31H. The van der Waals surface area contributed by atoms with Gasteiger partial charge in [0, 0.05) is 37.2 Å². The topological polar surface area (TPSA) is 3.24 Å². The van der Waals surface area contributed by atoms with Gasteiger partial charge in [-0.25, -0.2) is 0 Å². The maximum Gasteiger partial charge on any atom is 0.0468 e. The zero-order chi connectivity index (χ0) is 31.9. The third kappa shape index (κ3) is 5.13. The molecule has 0 aliphatic carbocycles. The molecule has 0 radical (unpaired) electrons. The summed E-state index contributed by atoms with van der Waals surface area (Å²) in [7, 11) is 0. The number of thiophene rings is 1. The lowest BCUT2D eigenvalue weighted by molar-refractivity contribution is 1.29. The van der Waals surface area contributed by atoms with E-state index in [1.165, 1.54) is 64.3 Å². The first-order chi connectivity index (χ1) is 23.8. The molecule has 0 aliphatic heterocycles. The van der Waals surface area contributed by atoms with Gasteiger partial charge in [0.2, 0.25) is 0 Å². The average Bonchev–Trinajstić information content (AvgIpc) is 3.54. The molecule has 0 spiro atoms. The van der Waals surface area contributed by atoms with Gasteiger partial charge in [0.25, 0.3) is 0 Å². The Balaban J connectivity index is 1.15. The molecule has 0 unspecified atom stereocenters. The fourth-order valence-corrected chi connectivity index (χ4v) is 7.97. The van der Waals surface area contributed by atoms with Crippen molar-refractivity contribution in [2.24, 2.45) is 0 Å². The second-order valence-corrected chi connectivity index (χ2v) is 13.3. The molecule has 2 heteroatoms. The first-order valence-corrected chi connectivity index (χ1v) is 17.2. The van der Waals surface area contributed by atoms with Crippen LogP contribution < -0.4 is 4.90 Å². The fourth-order valence-electron chi connectivity index (χ4n) is 6.88. The smallest absolute Gasteiger partial charge is 0.0468 e. The molecule has 226 valence electrons. The van der Waals surface area contributed by atoms with Gasteiger partial charge < -0.3 is 4.90 Å². The van der Waals surface area contributed by atoms with Crippen LogP contribution in [0, 0.1) is 0 Å². The number of benzene rings is 8. The van der Waals surface area contributed by atoms with Crippen molar-refractivity contribution in [2.45, 2.75) is 0 Å². The van der Waals surface area contributed by atoms with Gasteiger partial charge in [-0.1, -0.05) is 140 Å². The van der Waals surface area contributed by atoms with Crippen molar-refractivity contribution in [2.75, 3.05) is 4.90 Å². The highest BCUT2D eigenvalue weighted by Gasteiger charge is 2.16. The van der Waals surface area contributed by atoms with Crippen molar-refractivity contribution in [1.29, 1.82) is 0 Å². The molecule has 0 atom stereocenters. The lowest BCUT2D eigenvalue weighted by atomic mass is 9.97. The van der Waals surface area contributed by atoms with Crippen LogP contribution in [0.1, 0.15) is 0 Å². The van der Waals surface area contributed by atoms with E-state index in [1.54, 1.807) is 0 Å². The first kappa shape index (κ1) is 28.3. The maximum absolute atomic E-state index is 2.39. The monoisotopic (exact) mass is 629 g/mol. The second-order valence-electron chi connectivity index (χ2n) is 12.2. The number of hydrogen-bond donors (Lipinski definition) is 0. The predicted octanol–water partition coefficient (Wildman–Crippen LogP) is 13.7. The number of hydrogen-bond acceptors (Lipinski definition) is 2. The van der Waals surface area contributed by atoms with E-state index >= 15 is 0 Å². The summed E-state index contributed by atoms with van der Waals surface area (Å²) in [4.78, 5) is 2.39. The number of fused-ring (bicyclic) bond motifs is 4. The minimum Gasteiger partial charge on any atom is -0.310 e. The average molecular weight is 630 g/mol. The summed E-state index contributed by atoms with van der Waals surface area (Å²) in [6, 6.07) is 68.2. The normalized spacial score (nSPS) is 11.3. The maximum atomic E-state index is 2.39. The van der Waals surface area contributed by atoms with Crippen LogP contribution in [0.5, 0.6) is 0 Å². The van der Waals surface area contributed by atoms with Crippen molar-refractivity contribution in [1.82, 2.24) is 0 Å². The Morgan fingerprint density at radius 1 is 0.312 bits per heavy atom. The third-order valence-corrected chi connectivity index (χ3v) is 10.4. The Bertz CT molecular complexity index is 2540. The summed E-state index contributed by atoms with van der Waals surface area (Å²) in [5, 5.41) is 5.11. The predicted molar refractivity (Wildman–Crippen MR) is 208 cm³/mol. The Labute approximate surface area is 284 Å². The van der Waals surface area contributed by atoms with E-state index in [9.17, 15) is 0 Å². The summed E-state index contributed by atoms with van der Waals surface area (Å²) in [5.74, 6) is 0. The fraction of sp³-hybridized carbons (Fsp3) is 0. The van der Waals surface area contributed by atoms with Crippen LogP contribution in [0.15, 0.2) is 188 Å². The Kier molecular flexibility index (Phi) is 7.07. The molecule has 8 aromatic carbocycles. The van der Waals surface area contributed by atoms with E-state index in [-0.39, 0.29) is 0 Å². The lowest BCUT2D eigenvalue weighted by Crippen LogP contribution is -2.10. The highest BCUT2D eigenvalue weighted by Crippen LogP contribution is 2.42. The zero-order valence-corrected chi connectivity index (χ0v) is 27.1. The summed E-state index contributed by atoms with van der Waals surface area (Å²) in [5.41, 5.74) is 10.7. The highest BCUT2D eigenvalue weighted by molar-refractivity contribution is 7.25. The molecule has 1 aromatic heterocycles. The van der Waals surface area contributed by atoms with Crippen LogP contribution in [0.3, 0.4) is 0 Å². The largest absolute Gasteiger partial charge is 0.310 e. The van der Waals surface area contributed by atoms with Gasteiger partial charge in [-0.3, -0.25) is 0 Å². The molecular weight excluding hydrogens is 599 g/mol. The Morgan fingerprint density at radius 3 is 1.65 bits per heavy atom. The van der Waals surface area contributed by atoms with Crippen molar-refractivity contribution in [3.05, 3.63) is 188 Å². The molecule has 0 saturated carbocycles. The van der Waals surface area contributed by atoms with Gasteiger partial charge in [-0.05, 0) is 92.7 Å². The van der Waals surface area contributed by atoms with E-state index in [0.29, 0.717) is 0 Å². The molecule has 0 saturated heterocycles. The minimum atomic E-state index is 1.12. The molecule has 0 fully saturated rings. The molecule has 0 amide bonds. The highest BCUT2D eigenvalue weighted by atomic mass is 32.1. The van der Waals surface area contributed by atoms with Gasteiger partial charge in [-0.15, -0.1) is 11.3 Å². The first-order valence-electron chi connectivity index (χ1n) is 16.3. The van der Waals surface area contributed by atoms with Crippen molar-refractivity contribution in [3.63, 3.8) is 0 Å². The van der Waals surface area contributed by atoms with Gasteiger partial charge in [0.05, 0.1) is 0 Å². The number of nitrogens with zero attached hydrogens (tertiary/aromatic N) is 1. The van der Waals surface area contributed by atoms with E-state index in [4.69, 9.17) is 0 Å². The molecule has 1 heterocycles. The molecule has 9 aromatic rings. The van der Waals surface area contributed by atoms with Crippen LogP contribution in [-0.4, -0.2) is 0 Å². The SMILES string of the molecule is c1ccc(-c2ccc(-c3ccc(N(c4cccc(-c5cccc6ccccc56)c4)c4ccc5sc6ccccc6c5c4)cc3)cc2)cc1. The van der Waals surface area contributed by atoms with Crippen LogP contribution >= 0.6 is 11.3 Å². The molecule has 48 heavy (non-hydrogen) atoms. The quantitative estimate of drug-likeness (QED) is 0.177. The molecule has 1 nitrogen and oxygen atoms in total. The molecular formula is C46H31NS. The Morgan fingerprint density at radius 2 is 0.854 bits per heavy atom. The van der Waals surface area contributed by atoms with E-state index in [0.717, 1.165) is 17.1 Å².